The molecule has 116 valence electrons. The van der Waals surface area contributed by atoms with Crippen LogP contribution in [0.25, 0.3) is 0 Å². The third-order valence-corrected chi connectivity index (χ3v) is 5.24. The van der Waals surface area contributed by atoms with E-state index in [1.165, 1.54) is 23.5 Å². The number of benzene rings is 1. The van der Waals surface area contributed by atoms with Gasteiger partial charge in [0.25, 0.3) is 5.69 Å². The molecule has 1 aliphatic rings. The molecular weight excluding hydrogens is 298 g/mol. The normalized spacial score (nSPS) is 15.3. The molecule has 2 N–H and O–H groups in total. The van der Waals surface area contributed by atoms with E-state index in [9.17, 15) is 18.5 Å². The highest BCUT2D eigenvalue weighted by Crippen LogP contribution is 2.35. The van der Waals surface area contributed by atoms with Gasteiger partial charge in [-0.2, -0.15) is 4.31 Å². The number of rotatable bonds is 7. The van der Waals surface area contributed by atoms with Crippen molar-refractivity contribution in [1.82, 2.24) is 4.31 Å². The summed E-state index contributed by atoms with van der Waals surface area (Å²) >= 11 is 0. The molecule has 1 fully saturated rings. The molecule has 0 aromatic heterocycles. The van der Waals surface area contributed by atoms with Crippen LogP contribution in [0.2, 0.25) is 0 Å². The minimum Gasteiger partial charge on any atom is -0.399 e. The average molecular weight is 315 g/mol. The summed E-state index contributed by atoms with van der Waals surface area (Å²) in [5, 5.41) is 11.1. The van der Waals surface area contributed by atoms with Gasteiger partial charge >= 0.3 is 0 Å². The van der Waals surface area contributed by atoms with Gasteiger partial charge in [0.15, 0.2) is 4.90 Å². The number of sulfonamides is 1. The topological polar surface area (TPSA) is 116 Å². The first-order valence-corrected chi connectivity index (χ1v) is 7.86. The maximum absolute atomic E-state index is 12.7. The van der Waals surface area contributed by atoms with Crippen LogP contribution < -0.4 is 5.73 Å². The molecule has 0 unspecified atom stereocenters. The minimum atomic E-state index is -3.95. The van der Waals surface area contributed by atoms with Gasteiger partial charge < -0.3 is 10.5 Å². The number of nitrogen functional groups attached to an aromatic ring is 1. The molecule has 0 amide bonds. The molecule has 0 bridgehead atoms. The number of nitro groups is 1. The van der Waals surface area contributed by atoms with Crippen molar-refractivity contribution in [2.24, 2.45) is 0 Å². The molecule has 0 aliphatic heterocycles. The van der Waals surface area contributed by atoms with Crippen molar-refractivity contribution >= 4 is 21.4 Å². The van der Waals surface area contributed by atoms with Crippen LogP contribution >= 0.6 is 0 Å². The maximum Gasteiger partial charge on any atom is 0.291 e. The first-order chi connectivity index (χ1) is 9.87. The number of nitrogens with two attached hydrogens (primary N) is 1. The van der Waals surface area contributed by atoms with Crippen molar-refractivity contribution in [2.75, 3.05) is 26.0 Å². The Morgan fingerprint density at radius 1 is 1.48 bits per heavy atom. The molecule has 1 aromatic carbocycles. The van der Waals surface area contributed by atoms with Crippen molar-refractivity contribution in [3.8, 4) is 0 Å². The standard InChI is InChI=1S/C12H17N3O5S/c1-20-7-6-14(10-3-4-10)21(18,19)12-5-2-9(13)8-11(12)15(16)17/h2,5,8,10H,3-4,6-7,13H2,1H3. The van der Waals surface area contributed by atoms with E-state index < -0.39 is 20.6 Å². The predicted molar refractivity (Wildman–Crippen MR) is 76.3 cm³/mol. The van der Waals surface area contributed by atoms with Gasteiger partial charge in [-0.15, -0.1) is 0 Å². The molecular formula is C12H17N3O5S. The van der Waals surface area contributed by atoms with Gasteiger partial charge in [-0.1, -0.05) is 0 Å². The SMILES string of the molecule is COCCN(C1CC1)S(=O)(=O)c1ccc(N)cc1[N+](=O)[O-]. The molecule has 1 aliphatic carbocycles. The predicted octanol–water partition coefficient (Wildman–Crippen LogP) is 0.976. The summed E-state index contributed by atoms with van der Waals surface area (Å²) in [6.45, 7) is 0.406. The lowest BCUT2D eigenvalue weighted by Crippen LogP contribution is -2.36. The lowest BCUT2D eigenvalue weighted by Gasteiger charge is -2.21. The molecule has 0 saturated heterocycles. The highest BCUT2D eigenvalue weighted by atomic mass is 32.2. The lowest BCUT2D eigenvalue weighted by atomic mass is 10.3. The fourth-order valence-electron chi connectivity index (χ4n) is 2.06. The molecule has 9 heteroatoms. The zero-order valence-electron chi connectivity index (χ0n) is 11.6. The molecule has 1 saturated carbocycles. The molecule has 1 aromatic rings. The number of nitro benzene ring substituents is 1. The van der Waals surface area contributed by atoms with E-state index in [0.717, 1.165) is 18.9 Å². The van der Waals surface area contributed by atoms with Crippen molar-refractivity contribution in [1.29, 1.82) is 0 Å². The second-order valence-electron chi connectivity index (χ2n) is 4.82. The van der Waals surface area contributed by atoms with E-state index in [2.05, 4.69) is 0 Å². The number of ether oxygens (including phenoxy) is 1. The molecule has 0 atom stereocenters. The van der Waals surface area contributed by atoms with Gasteiger partial charge in [-0.25, -0.2) is 8.42 Å². The number of anilines is 1. The van der Waals surface area contributed by atoms with Gasteiger partial charge in [0.2, 0.25) is 10.0 Å². The van der Waals surface area contributed by atoms with Gasteiger partial charge in [-0.05, 0) is 25.0 Å². The Bertz CT molecular complexity index is 642. The van der Waals surface area contributed by atoms with Crippen LogP contribution in [-0.4, -0.2) is 43.9 Å². The Labute approximate surface area is 122 Å². The van der Waals surface area contributed by atoms with Gasteiger partial charge in [0.1, 0.15) is 0 Å². The fourth-order valence-corrected chi connectivity index (χ4v) is 3.87. The van der Waals surface area contributed by atoms with Gasteiger partial charge in [-0.3, -0.25) is 10.1 Å². The third-order valence-electron chi connectivity index (χ3n) is 3.24. The molecule has 0 radical (unpaired) electrons. The highest BCUT2D eigenvalue weighted by Gasteiger charge is 2.40. The van der Waals surface area contributed by atoms with Crippen LogP contribution in [0.3, 0.4) is 0 Å². The molecule has 0 spiro atoms. The van der Waals surface area contributed by atoms with E-state index in [0.29, 0.717) is 0 Å². The Hall–Kier alpha value is -1.71. The van der Waals surface area contributed by atoms with Gasteiger partial charge in [0.05, 0.1) is 11.5 Å². The molecule has 2 rings (SSSR count). The number of hydrogen-bond acceptors (Lipinski definition) is 6. The van der Waals surface area contributed by atoms with E-state index in [1.54, 1.807) is 0 Å². The van der Waals surface area contributed by atoms with Crippen LogP contribution in [0.5, 0.6) is 0 Å². The van der Waals surface area contributed by atoms with Crippen LogP contribution in [-0.2, 0) is 14.8 Å². The highest BCUT2D eigenvalue weighted by molar-refractivity contribution is 7.89. The van der Waals surface area contributed by atoms with Crippen LogP contribution in [0.15, 0.2) is 23.1 Å². The Morgan fingerprint density at radius 2 is 2.14 bits per heavy atom. The largest absolute Gasteiger partial charge is 0.399 e. The first-order valence-electron chi connectivity index (χ1n) is 6.42. The van der Waals surface area contributed by atoms with Crippen molar-refractivity contribution in [2.45, 2.75) is 23.8 Å². The van der Waals surface area contributed by atoms with Crippen molar-refractivity contribution in [3.05, 3.63) is 28.3 Å². The Kier molecular flexibility index (Phi) is 4.45. The van der Waals surface area contributed by atoms with Crippen molar-refractivity contribution in [3.63, 3.8) is 0 Å². The minimum absolute atomic E-state index is 0.109. The zero-order chi connectivity index (χ0) is 15.6. The summed E-state index contributed by atoms with van der Waals surface area (Å²) in [6, 6.07) is 3.49. The van der Waals surface area contributed by atoms with E-state index in [1.807, 2.05) is 0 Å². The number of nitrogens with zero attached hydrogens (tertiary/aromatic N) is 2. The Morgan fingerprint density at radius 3 is 2.67 bits per heavy atom. The maximum atomic E-state index is 12.7. The zero-order valence-corrected chi connectivity index (χ0v) is 12.4. The first kappa shape index (κ1) is 15.7. The smallest absolute Gasteiger partial charge is 0.291 e. The molecule has 21 heavy (non-hydrogen) atoms. The monoisotopic (exact) mass is 315 g/mol. The average Bonchev–Trinajstić information content (AvgIpc) is 3.23. The number of hydrogen-bond donors (Lipinski definition) is 1. The summed E-state index contributed by atoms with van der Waals surface area (Å²) in [5.74, 6) is 0. The third kappa shape index (κ3) is 3.31. The second kappa shape index (κ2) is 5.96. The summed E-state index contributed by atoms with van der Waals surface area (Å²) in [7, 11) is -2.47. The van der Waals surface area contributed by atoms with E-state index >= 15 is 0 Å². The molecule has 8 nitrogen and oxygen atoms in total. The lowest BCUT2D eigenvalue weighted by molar-refractivity contribution is -0.387. The van der Waals surface area contributed by atoms with Crippen molar-refractivity contribution < 1.29 is 18.1 Å². The van der Waals surface area contributed by atoms with E-state index in [4.69, 9.17) is 10.5 Å². The van der Waals surface area contributed by atoms with Crippen LogP contribution in [0.1, 0.15) is 12.8 Å². The molecule has 0 heterocycles. The van der Waals surface area contributed by atoms with Crippen LogP contribution in [0, 0.1) is 10.1 Å². The van der Waals surface area contributed by atoms with Crippen LogP contribution in [0.4, 0.5) is 11.4 Å². The quantitative estimate of drug-likeness (QED) is 0.455. The summed E-state index contributed by atoms with van der Waals surface area (Å²) in [5.41, 5.74) is 5.15. The summed E-state index contributed by atoms with van der Waals surface area (Å²) < 4.78 is 31.6. The summed E-state index contributed by atoms with van der Waals surface area (Å²) in [6.07, 6.45) is 1.51. The Balaban J connectivity index is 2.44. The van der Waals surface area contributed by atoms with Gasteiger partial charge in [0, 0.05) is 31.5 Å². The fraction of sp³-hybridized carbons (Fsp3) is 0.500. The van der Waals surface area contributed by atoms with E-state index in [-0.39, 0.29) is 29.8 Å². The second-order valence-corrected chi connectivity index (χ2v) is 6.68. The summed E-state index contributed by atoms with van der Waals surface area (Å²) in [4.78, 5) is 10.0. The number of methoxy groups -OCH3 is 1.